The average molecular weight is 850 g/mol. The fourth-order valence-corrected chi connectivity index (χ4v) is 7.08. The second-order valence-corrected chi connectivity index (χ2v) is 15.5. The molecule has 4 amide bonds. The number of Topliss-reactive ketones (excluding diaryl/α,β-unsaturated/α-hetero) is 1. The Morgan fingerprint density at radius 2 is 1.41 bits per heavy atom. The van der Waals surface area contributed by atoms with Crippen LogP contribution in [0.25, 0.3) is 0 Å². The summed E-state index contributed by atoms with van der Waals surface area (Å²) in [5, 5.41) is 28.3. The van der Waals surface area contributed by atoms with Crippen molar-refractivity contribution < 1.29 is 39.0 Å². The molecule has 1 fully saturated rings. The number of benzene rings is 2. The third-order valence-electron chi connectivity index (χ3n) is 10.7. The quantitative estimate of drug-likeness (QED) is 0.0351. The number of nitrogens with zero attached hydrogens (tertiary/aromatic N) is 3. The van der Waals surface area contributed by atoms with Gasteiger partial charge in [0.2, 0.25) is 23.6 Å². The van der Waals surface area contributed by atoms with E-state index in [0.29, 0.717) is 31.2 Å². The smallest absolute Gasteiger partial charge is 0.307 e. The molecule has 19 nitrogen and oxygen atoms in total. The summed E-state index contributed by atoms with van der Waals surface area (Å²) in [6, 6.07) is 9.59. The van der Waals surface area contributed by atoms with E-state index in [-0.39, 0.29) is 81.7 Å². The molecule has 3 rings (SSSR count). The molecule has 0 bridgehead atoms. The number of hydrogen-bond donors (Lipinski definition) is 10. The first-order valence-electron chi connectivity index (χ1n) is 20.7. The van der Waals surface area contributed by atoms with Crippen LogP contribution in [-0.4, -0.2) is 112 Å². The highest BCUT2D eigenvalue weighted by Crippen LogP contribution is 2.22. The number of ketones is 1. The number of aliphatic imine (C=N–C) groups is 2. The lowest BCUT2D eigenvalue weighted by atomic mass is 9.87. The molecule has 2 aromatic rings. The van der Waals surface area contributed by atoms with E-state index in [1.807, 2.05) is 13.0 Å². The number of likely N-dealkylation sites (tertiary alicyclic amines) is 1. The number of carbonyl (C=O) groups is 6. The molecular formula is C42H63N11O8. The maximum atomic E-state index is 14.2. The molecule has 0 radical (unpaired) electrons. The molecule has 1 aliphatic rings. The van der Waals surface area contributed by atoms with Crippen LogP contribution in [0.2, 0.25) is 0 Å². The third kappa shape index (κ3) is 16.4. The maximum absolute atomic E-state index is 14.2. The van der Waals surface area contributed by atoms with Crippen molar-refractivity contribution in [3.8, 4) is 5.75 Å². The molecule has 0 aliphatic carbocycles. The van der Waals surface area contributed by atoms with Gasteiger partial charge in [-0.15, -0.1) is 0 Å². The minimum Gasteiger partial charge on any atom is -0.508 e. The largest absolute Gasteiger partial charge is 0.508 e. The molecule has 0 unspecified atom stereocenters. The van der Waals surface area contributed by atoms with Gasteiger partial charge < -0.3 is 59.7 Å². The number of aromatic hydroxyl groups is 1. The Kier molecular flexibility index (Phi) is 19.9. The maximum Gasteiger partial charge on any atom is 0.307 e. The third-order valence-corrected chi connectivity index (χ3v) is 10.7. The Labute approximate surface area is 356 Å². The number of hydrogen-bond acceptors (Lipinski definition) is 10. The Balaban J connectivity index is 1.84. The average Bonchev–Trinajstić information content (AvgIpc) is 3.72. The summed E-state index contributed by atoms with van der Waals surface area (Å²) in [6.07, 6.45) is 2.01. The number of nitrogens with one attached hydrogen (secondary N) is 3. The van der Waals surface area contributed by atoms with Gasteiger partial charge >= 0.3 is 5.97 Å². The molecule has 1 heterocycles. The summed E-state index contributed by atoms with van der Waals surface area (Å²) < 4.78 is 0. The second-order valence-electron chi connectivity index (χ2n) is 15.5. The number of rotatable bonds is 25. The Hall–Kier alpha value is -6.24. The summed E-state index contributed by atoms with van der Waals surface area (Å²) in [5.74, 6) is -5.71. The Bertz CT molecular complexity index is 1840. The first kappa shape index (κ1) is 49.1. The van der Waals surface area contributed by atoms with E-state index in [1.165, 1.54) is 17.0 Å². The van der Waals surface area contributed by atoms with E-state index in [9.17, 15) is 39.0 Å². The fraction of sp³-hybridized carbons (Fsp3) is 0.524. The topological polar surface area (TPSA) is 337 Å². The van der Waals surface area contributed by atoms with E-state index in [4.69, 9.17) is 28.7 Å². The van der Waals surface area contributed by atoms with Crippen LogP contribution >= 0.6 is 0 Å². The number of carbonyl (C=O) groups excluding carboxylic acids is 5. The minimum atomic E-state index is -1.25. The normalized spacial score (nSPS) is 16.4. The lowest BCUT2D eigenvalue weighted by molar-refractivity contribution is -0.144. The minimum absolute atomic E-state index is 0.00772. The molecule has 19 heteroatoms. The number of nitrogens with two attached hydrogens (primary N) is 5. The molecule has 2 aromatic carbocycles. The van der Waals surface area contributed by atoms with E-state index >= 15 is 0 Å². The number of phenols is 1. The van der Waals surface area contributed by atoms with Crippen LogP contribution in [0.1, 0.15) is 76.3 Å². The zero-order valence-electron chi connectivity index (χ0n) is 35.0. The van der Waals surface area contributed by atoms with Crippen molar-refractivity contribution in [2.45, 2.75) is 108 Å². The molecular weight excluding hydrogens is 787 g/mol. The van der Waals surface area contributed by atoms with Gasteiger partial charge in [0, 0.05) is 32.5 Å². The second kappa shape index (κ2) is 24.7. The van der Waals surface area contributed by atoms with Gasteiger partial charge in [-0.05, 0) is 74.1 Å². The SMILES string of the molecule is CC[C@H](C)[C@@H](NC(=O)[C@H](Cc1ccc(O)cc1)NC(=O)[C@@H]1CCCN1C(=O)[C@H](CCCN=C(N)N)NC(=O)[C@@H](N)CCCN=C(N)N)C(=O)C[C@@H](Cc1ccccc1)C(=O)O. The van der Waals surface area contributed by atoms with Crippen LogP contribution in [0.5, 0.6) is 5.75 Å². The number of aliphatic carboxylic acids is 1. The van der Waals surface area contributed by atoms with Gasteiger partial charge in [0.05, 0.1) is 18.0 Å². The van der Waals surface area contributed by atoms with Gasteiger partial charge in [-0.25, -0.2) is 0 Å². The summed E-state index contributed by atoms with van der Waals surface area (Å²) in [6.45, 7) is 4.24. The van der Waals surface area contributed by atoms with Crippen LogP contribution in [0.3, 0.4) is 0 Å². The van der Waals surface area contributed by atoms with Crippen LogP contribution in [0.15, 0.2) is 64.6 Å². The summed E-state index contributed by atoms with van der Waals surface area (Å²) >= 11 is 0. The van der Waals surface area contributed by atoms with Crippen molar-refractivity contribution in [3.63, 3.8) is 0 Å². The highest BCUT2D eigenvalue weighted by atomic mass is 16.4. The summed E-state index contributed by atoms with van der Waals surface area (Å²) in [4.78, 5) is 91.1. The van der Waals surface area contributed by atoms with Crippen LogP contribution in [-0.2, 0) is 41.6 Å². The van der Waals surface area contributed by atoms with E-state index in [2.05, 4.69) is 25.9 Å². The number of phenolic OH excluding ortho intramolecular Hbond substituents is 1. The Morgan fingerprint density at radius 1 is 0.803 bits per heavy atom. The molecule has 7 atom stereocenters. The number of carboxylic acid groups (broad SMARTS) is 1. The summed E-state index contributed by atoms with van der Waals surface area (Å²) in [5.41, 5.74) is 29.2. The van der Waals surface area contributed by atoms with Gasteiger partial charge in [0.15, 0.2) is 17.7 Å². The van der Waals surface area contributed by atoms with Crippen molar-refractivity contribution in [2.75, 3.05) is 19.6 Å². The molecule has 1 saturated heterocycles. The van der Waals surface area contributed by atoms with Gasteiger partial charge in [-0.2, -0.15) is 0 Å². The van der Waals surface area contributed by atoms with Crippen molar-refractivity contribution in [2.24, 2.45) is 50.5 Å². The predicted octanol–water partition coefficient (Wildman–Crippen LogP) is -0.237. The highest BCUT2D eigenvalue weighted by Gasteiger charge is 2.40. The fourth-order valence-electron chi connectivity index (χ4n) is 7.08. The van der Waals surface area contributed by atoms with Crippen LogP contribution < -0.4 is 44.6 Å². The van der Waals surface area contributed by atoms with Crippen molar-refractivity contribution >= 4 is 47.3 Å². The van der Waals surface area contributed by atoms with E-state index in [1.54, 1.807) is 43.3 Å². The molecule has 334 valence electrons. The van der Waals surface area contributed by atoms with Crippen molar-refractivity contribution in [1.82, 2.24) is 20.9 Å². The molecule has 0 saturated carbocycles. The highest BCUT2D eigenvalue weighted by molar-refractivity contribution is 5.97. The van der Waals surface area contributed by atoms with Gasteiger partial charge in [-0.1, -0.05) is 62.7 Å². The van der Waals surface area contributed by atoms with Gasteiger partial charge in [0.1, 0.15) is 23.9 Å². The Morgan fingerprint density at radius 3 is 2.00 bits per heavy atom. The lowest BCUT2D eigenvalue weighted by Crippen LogP contribution is -2.59. The van der Waals surface area contributed by atoms with Crippen LogP contribution in [0, 0.1) is 11.8 Å². The molecule has 15 N–H and O–H groups in total. The van der Waals surface area contributed by atoms with Crippen molar-refractivity contribution in [1.29, 1.82) is 0 Å². The summed E-state index contributed by atoms with van der Waals surface area (Å²) in [7, 11) is 0. The number of carboxylic acids is 1. The molecule has 1 aliphatic heterocycles. The van der Waals surface area contributed by atoms with Gasteiger partial charge in [0.25, 0.3) is 0 Å². The van der Waals surface area contributed by atoms with Crippen molar-refractivity contribution in [3.05, 3.63) is 65.7 Å². The number of guanidine groups is 2. The zero-order chi connectivity index (χ0) is 45.1. The van der Waals surface area contributed by atoms with Gasteiger partial charge in [-0.3, -0.25) is 38.8 Å². The number of amides is 4. The molecule has 0 aromatic heterocycles. The zero-order valence-corrected chi connectivity index (χ0v) is 35.0. The molecule has 0 spiro atoms. The monoisotopic (exact) mass is 849 g/mol. The van der Waals surface area contributed by atoms with Crippen LogP contribution in [0.4, 0.5) is 0 Å². The van der Waals surface area contributed by atoms with E-state index in [0.717, 1.165) is 5.56 Å². The first-order chi connectivity index (χ1) is 29.0. The first-order valence-corrected chi connectivity index (χ1v) is 20.7. The predicted molar refractivity (Wildman–Crippen MR) is 230 cm³/mol. The van der Waals surface area contributed by atoms with E-state index < -0.39 is 71.5 Å². The standard InChI is InChI=1S/C42H63N11O8/c1-3-25(2)35(34(55)24-28(40(60)61)22-26-10-5-4-6-11-26)52-37(57)32(23-27-15-17-29(54)18-16-27)51-38(58)33-14-9-21-53(33)39(59)31(13-8-20-49-42(46)47)50-36(56)30(43)12-7-19-48-41(44)45/h4-6,10-11,15-18,25,28,30-33,35,54H,3,7-9,12-14,19-24,43H2,1-2H3,(H,50,56)(H,51,58)(H,52,57)(H,60,61)(H4,44,45,48)(H4,46,47,49)/t25-,28+,30-,31-,32-,33-,35+/m0/s1. The lowest BCUT2D eigenvalue weighted by Gasteiger charge is -2.31. The molecule has 61 heavy (non-hydrogen) atoms.